The molecule has 1 N–H and O–H groups in total. The van der Waals surface area contributed by atoms with E-state index in [9.17, 15) is 0 Å². The molecule has 0 saturated heterocycles. The van der Waals surface area contributed by atoms with E-state index >= 15 is 0 Å². The Bertz CT molecular complexity index is 360. The molecule has 1 atom stereocenters. The molecular formula is C11H11ClO2. The zero-order valence-corrected chi connectivity index (χ0v) is 8.37. The van der Waals surface area contributed by atoms with Crippen LogP contribution >= 0.6 is 11.6 Å². The summed E-state index contributed by atoms with van der Waals surface area (Å²) in [5.74, 6) is 0. The molecule has 0 fully saturated rings. The van der Waals surface area contributed by atoms with Crippen LogP contribution in [0.1, 0.15) is 11.7 Å². The van der Waals surface area contributed by atoms with Crippen LogP contribution in [0.15, 0.2) is 35.9 Å². The predicted molar refractivity (Wildman–Crippen MR) is 55.3 cm³/mol. The minimum atomic E-state index is -0.0594. The molecule has 0 spiro atoms. The molecule has 0 amide bonds. The number of benzene rings is 1. The van der Waals surface area contributed by atoms with Crippen LogP contribution in [0.4, 0.5) is 0 Å². The number of hydrogen-bond acceptors (Lipinski definition) is 2. The Morgan fingerprint density at radius 3 is 3.00 bits per heavy atom. The summed E-state index contributed by atoms with van der Waals surface area (Å²) in [6.45, 7) is 0.574. The monoisotopic (exact) mass is 210 g/mol. The lowest BCUT2D eigenvalue weighted by molar-refractivity contribution is 0.123. The number of rotatable bonds is 2. The molecule has 14 heavy (non-hydrogen) atoms. The van der Waals surface area contributed by atoms with Crippen molar-refractivity contribution in [2.75, 3.05) is 13.2 Å². The third-order valence-electron chi connectivity index (χ3n) is 2.22. The second kappa shape index (κ2) is 4.13. The van der Waals surface area contributed by atoms with Gasteiger partial charge in [0.1, 0.15) is 6.10 Å². The normalized spacial score (nSPS) is 21.0. The number of aliphatic hydroxyl groups excluding tert-OH is 1. The number of aliphatic hydroxyl groups is 1. The van der Waals surface area contributed by atoms with Crippen molar-refractivity contribution in [1.82, 2.24) is 0 Å². The first-order chi connectivity index (χ1) is 6.79. The van der Waals surface area contributed by atoms with E-state index in [-0.39, 0.29) is 12.7 Å². The van der Waals surface area contributed by atoms with Crippen molar-refractivity contribution < 1.29 is 9.84 Å². The quantitative estimate of drug-likeness (QED) is 0.760. The van der Waals surface area contributed by atoms with Gasteiger partial charge in [0.25, 0.3) is 0 Å². The van der Waals surface area contributed by atoms with Gasteiger partial charge in [-0.2, -0.15) is 0 Å². The van der Waals surface area contributed by atoms with Crippen LogP contribution in [0.5, 0.6) is 0 Å². The third-order valence-corrected chi connectivity index (χ3v) is 2.45. The average Bonchev–Trinajstić information content (AvgIpc) is 2.66. The Morgan fingerprint density at radius 1 is 1.50 bits per heavy atom. The van der Waals surface area contributed by atoms with Gasteiger partial charge in [-0.1, -0.05) is 23.7 Å². The van der Waals surface area contributed by atoms with Crippen molar-refractivity contribution in [2.24, 2.45) is 0 Å². The van der Waals surface area contributed by atoms with Gasteiger partial charge in [0, 0.05) is 5.02 Å². The van der Waals surface area contributed by atoms with E-state index in [2.05, 4.69) is 0 Å². The van der Waals surface area contributed by atoms with Gasteiger partial charge >= 0.3 is 0 Å². The first-order valence-corrected chi connectivity index (χ1v) is 4.85. The fourth-order valence-corrected chi connectivity index (χ4v) is 1.68. The lowest BCUT2D eigenvalue weighted by Crippen LogP contribution is -1.95. The Labute approximate surface area is 87.8 Å². The molecule has 1 aliphatic heterocycles. The maximum absolute atomic E-state index is 8.91. The molecule has 1 aromatic carbocycles. The van der Waals surface area contributed by atoms with Crippen LogP contribution in [-0.2, 0) is 4.74 Å². The molecule has 0 bridgehead atoms. The van der Waals surface area contributed by atoms with Gasteiger partial charge in [-0.15, -0.1) is 0 Å². The van der Waals surface area contributed by atoms with Crippen LogP contribution in [0.2, 0.25) is 5.02 Å². The van der Waals surface area contributed by atoms with Crippen molar-refractivity contribution >= 4 is 11.6 Å². The molecule has 0 saturated carbocycles. The van der Waals surface area contributed by atoms with E-state index < -0.39 is 0 Å². The van der Waals surface area contributed by atoms with Crippen molar-refractivity contribution in [3.8, 4) is 0 Å². The van der Waals surface area contributed by atoms with Crippen molar-refractivity contribution in [3.63, 3.8) is 0 Å². The van der Waals surface area contributed by atoms with Gasteiger partial charge in [-0.25, -0.2) is 0 Å². The lowest BCUT2D eigenvalue weighted by atomic mass is 10.1. The van der Waals surface area contributed by atoms with E-state index in [4.69, 9.17) is 21.4 Å². The molecule has 74 valence electrons. The number of hydrogen-bond donors (Lipinski definition) is 1. The van der Waals surface area contributed by atoms with E-state index in [0.29, 0.717) is 11.6 Å². The average molecular weight is 211 g/mol. The predicted octanol–water partition coefficient (Wildman–Crippen LogP) is 2.33. The van der Waals surface area contributed by atoms with Crippen LogP contribution in [0.3, 0.4) is 0 Å². The van der Waals surface area contributed by atoms with Gasteiger partial charge < -0.3 is 9.84 Å². The van der Waals surface area contributed by atoms with Gasteiger partial charge in [-0.3, -0.25) is 0 Å². The lowest BCUT2D eigenvalue weighted by Gasteiger charge is -2.07. The van der Waals surface area contributed by atoms with Gasteiger partial charge in [0.05, 0.1) is 13.2 Å². The highest BCUT2D eigenvalue weighted by Crippen LogP contribution is 2.27. The highest BCUT2D eigenvalue weighted by Gasteiger charge is 2.17. The minimum Gasteiger partial charge on any atom is -0.392 e. The summed E-state index contributed by atoms with van der Waals surface area (Å²) < 4.78 is 5.49. The third kappa shape index (κ3) is 1.98. The molecule has 3 heteroatoms. The fourth-order valence-electron chi connectivity index (χ4n) is 1.48. The second-order valence-electron chi connectivity index (χ2n) is 3.27. The summed E-state index contributed by atoms with van der Waals surface area (Å²) in [5, 5.41) is 9.62. The SMILES string of the molecule is OCC1=C[C@H](c2cccc(Cl)c2)OC1. The smallest absolute Gasteiger partial charge is 0.102 e. The van der Waals surface area contributed by atoms with E-state index in [1.54, 1.807) is 0 Å². The molecule has 0 aliphatic carbocycles. The van der Waals surface area contributed by atoms with Crippen LogP contribution in [-0.4, -0.2) is 18.3 Å². The van der Waals surface area contributed by atoms with E-state index in [0.717, 1.165) is 11.1 Å². The molecule has 0 unspecified atom stereocenters. The fraction of sp³-hybridized carbons (Fsp3) is 0.273. The van der Waals surface area contributed by atoms with Crippen molar-refractivity contribution in [1.29, 1.82) is 0 Å². The minimum absolute atomic E-state index is 0.0594. The zero-order chi connectivity index (χ0) is 9.97. The van der Waals surface area contributed by atoms with E-state index in [1.807, 2.05) is 30.3 Å². The van der Waals surface area contributed by atoms with E-state index in [1.165, 1.54) is 0 Å². The molecule has 2 rings (SSSR count). The van der Waals surface area contributed by atoms with Crippen molar-refractivity contribution in [3.05, 3.63) is 46.5 Å². The molecular weight excluding hydrogens is 200 g/mol. The molecule has 1 heterocycles. The Hall–Kier alpha value is -0.830. The summed E-state index contributed by atoms with van der Waals surface area (Å²) in [6, 6.07) is 7.57. The summed E-state index contributed by atoms with van der Waals surface area (Å²) in [5.41, 5.74) is 1.95. The number of halogens is 1. The van der Waals surface area contributed by atoms with Crippen LogP contribution in [0, 0.1) is 0 Å². The summed E-state index contributed by atoms with van der Waals surface area (Å²) in [6.07, 6.45) is 1.88. The second-order valence-corrected chi connectivity index (χ2v) is 3.71. The molecule has 0 aromatic heterocycles. The van der Waals surface area contributed by atoms with Crippen LogP contribution in [0.25, 0.3) is 0 Å². The summed E-state index contributed by atoms with van der Waals surface area (Å²) in [7, 11) is 0. The highest BCUT2D eigenvalue weighted by molar-refractivity contribution is 6.30. The standard InChI is InChI=1S/C11H11ClO2/c12-10-3-1-2-9(5-10)11-4-8(6-13)7-14-11/h1-5,11,13H,6-7H2/t11-/m1/s1. The first-order valence-electron chi connectivity index (χ1n) is 4.47. The Balaban J connectivity index is 2.21. The van der Waals surface area contributed by atoms with Gasteiger partial charge in [0.2, 0.25) is 0 Å². The Kier molecular flexibility index (Phi) is 2.87. The number of ether oxygens (including phenoxy) is 1. The zero-order valence-electron chi connectivity index (χ0n) is 7.61. The van der Waals surface area contributed by atoms with Crippen molar-refractivity contribution in [2.45, 2.75) is 6.10 Å². The Morgan fingerprint density at radius 2 is 2.36 bits per heavy atom. The topological polar surface area (TPSA) is 29.5 Å². The van der Waals surface area contributed by atoms with Gasteiger partial charge in [-0.05, 0) is 29.3 Å². The molecule has 1 aromatic rings. The van der Waals surface area contributed by atoms with Gasteiger partial charge in [0.15, 0.2) is 0 Å². The van der Waals surface area contributed by atoms with Crippen LogP contribution < -0.4 is 0 Å². The maximum Gasteiger partial charge on any atom is 0.102 e. The first kappa shape index (κ1) is 9.71. The molecule has 0 radical (unpaired) electrons. The maximum atomic E-state index is 8.91. The largest absolute Gasteiger partial charge is 0.392 e. The molecule has 2 nitrogen and oxygen atoms in total. The summed E-state index contributed by atoms with van der Waals surface area (Å²) >= 11 is 5.87. The summed E-state index contributed by atoms with van der Waals surface area (Å²) in [4.78, 5) is 0. The highest BCUT2D eigenvalue weighted by atomic mass is 35.5. The molecule has 1 aliphatic rings.